The van der Waals surface area contributed by atoms with E-state index in [-0.39, 0.29) is 5.91 Å². The van der Waals surface area contributed by atoms with Crippen LogP contribution in [0.25, 0.3) is 17.1 Å². The van der Waals surface area contributed by atoms with Gasteiger partial charge in [-0.1, -0.05) is 11.5 Å². The van der Waals surface area contributed by atoms with Gasteiger partial charge < -0.3 is 9.88 Å². The first-order valence-corrected chi connectivity index (χ1v) is 5.20. The van der Waals surface area contributed by atoms with Gasteiger partial charge in [0.25, 0.3) is 0 Å². The van der Waals surface area contributed by atoms with Crippen LogP contribution in [0.3, 0.4) is 0 Å². The van der Waals surface area contributed by atoms with E-state index in [9.17, 15) is 4.79 Å². The van der Waals surface area contributed by atoms with Crippen molar-refractivity contribution in [1.82, 2.24) is 14.9 Å². The van der Waals surface area contributed by atoms with Crippen LogP contribution in [-0.2, 0) is 4.79 Å². The summed E-state index contributed by atoms with van der Waals surface area (Å²) in [5, 5.41) is 0.910. The summed E-state index contributed by atoms with van der Waals surface area (Å²) in [4.78, 5) is 20.1. The van der Waals surface area contributed by atoms with Crippen molar-refractivity contribution in [1.29, 1.82) is 0 Å². The smallest absolute Gasteiger partial charge is 0.246 e. The molecule has 2 rings (SSSR count). The lowest BCUT2D eigenvalue weighted by atomic mass is 9.97. The minimum absolute atomic E-state index is 0.0591. The third-order valence-electron chi connectivity index (χ3n) is 2.43. The highest BCUT2D eigenvalue weighted by molar-refractivity contribution is 6.32. The van der Waals surface area contributed by atoms with Crippen LogP contribution in [0, 0.1) is 0 Å². The minimum Gasteiger partial charge on any atom is -0.346 e. The zero-order valence-electron chi connectivity index (χ0n) is 9.77. The fraction of sp³-hybridized carbons (Fsp3) is 0.167. The Hall–Kier alpha value is -2.04. The number of pyridine rings is 1. The zero-order valence-corrected chi connectivity index (χ0v) is 9.77. The lowest BCUT2D eigenvalue weighted by molar-refractivity contribution is -0.123. The molecule has 1 amide bonds. The summed E-state index contributed by atoms with van der Waals surface area (Å²) in [5.41, 5.74) is 2.26. The first kappa shape index (κ1) is 11.5. The number of aromatic amines is 1. The molecule has 0 unspecified atom stereocenters. The van der Waals surface area contributed by atoms with E-state index in [2.05, 4.69) is 9.97 Å². The van der Waals surface area contributed by atoms with Gasteiger partial charge in [-0.3, -0.25) is 4.79 Å². The maximum Gasteiger partial charge on any atom is 0.246 e. The number of carbonyl (C=O) groups excluding carboxylic acids is 1. The van der Waals surface area contributed by atoms with Gasteiger partial charge in [-0.25, -0.2) is 4.98 Å². The Morgan fingerprint density at radius 1 is 1.53 bits per heavy atom. The molecule has 2 heterocycles. The lowest BCUT2D eigenvalue weighted by Gasteiger charge is -2.04. The Morgan fingerprint density at radius 3 is 3.00 bits per heavy atom. The third-order valence-corrected chi connectivity index (χ3v) is 2.43. The SMILES string of the molecule is [B]c1cnc2[nH]cc(/C=C/C(=O)N(C)C)c2c1. The van der Waals surface area contributed by atoms with Gasteiger partial charge in [-0.05, 0) is 6.08 Å². The molecule has 2 aromatic heterocycles. The van der Waals surface area contributed by atoms with Crippen LogP contribution in [0.4, 0.5) is 0 Å². The third kappa shape index (κ3) is 2.38. The van der Waals surface area contributed by atoms with E-state index in [1.165, 1.54) is 11.0 Å². The monoisotopic (exact) mass is 225 g/mol. The average Bonchev–Trinajstić information content (AvgIpc) is 2.68. The Morgan fingerprint density at radius 2 is 2.29 bits per heavy atom. The van der Waals surface area contributed by atoms with Gasteiger partial charge in [0.15, 0.2) is 0 Å². The van der Waals surface area contributed by atoms with Crippen LogP contribution in [0.5, 0.6) is 0 Å². The quantitative estimate of drug-likeness (QED) is 0.596. The highest BCUT2D eigenvalue weighted by Gasteiger charge is 2.03. The van der Waals surface area contributed by atoms with Crippen molar-refractivity contribution in [2.75, 3.05) is 14.1 Å². The predicted octanol–water partition coefficient (Wildman–Crippen LogP) is 0.458. The standard InChI is InChI=1S/C12H12BN3O/c1-16(2)11(17)4-3-8-6-14-12-10(8)5-9(13)7-15-12/h3-7H,1-2H3,(H,14,15)/b4-3+. The summed E-state index contributed by atoms with van der Waals surface area (Å²) in [7, 11) is 9.10. The van der Waals surface area contributed by atoms with Crippen LogP contribution >= 0.6 is 0 Å². The lowest BCUT2D eigenvalue weighted by Crippen LogP contribution is -2.18. The maximum atomic E-state index is 11.4. The molecule has 5 heteroatoms. The van der Waals surface area contributed by atoms with Gasteiger partial charge in [0.2, 0.25) is 5.91 Å². The number of hydrogen-bond donors (Lipinski definition) is 1. The summed E-state index contributed by atoms with van der Waals surface area (Å²) in [5.74, 6) is -0.0591. The maximum absolute atomic E-state index is 11.4. The molecule has 2 aromatic rings. The molecule has 1 N–H and O–H groups in total. The van der Waals surface area contributed by atoms with Gasteiger partial charge in [0.05, 0.1) is 0 Å². The summed E-state index contributed by atoms with van der Waals surface area (Å²) in [6.45, 7) is 0. The summed E-state index contributed by atoms with van der Waals surface area (Å²) in [6, 6.07) is 1.83. The molecule has 0 aromatic carbocycles. The molecular formula is C12H12BN3O. The Kier molecular flexibility index (Phi) is 3.00. The fourth-order valence-corrected chi connectivity index (χ4v) is 1.49. The number of hydrogen-bond acceptors (Lipinski definition) is 2. The van der Waals surface area contributed by atoms with Gasteiger partial charge in [-0.2, -0.15) is 0 Å². The van der Waals surface area contributed by atoms with Crippen molar-refractivity contribution in [2.45, 2.75) is 0 Å². The molecular weight excluding hydrogens is 213 g/mol. The fourth-order valence-electron chi connectivity index (χ4n) is 1.49. The van der Waals surface area contributed by atoms with Crippen LogP contribution in [-0.4, -0.2) is 42.7 Å². The van der Waals surface area contributed by atoms with Crippen molar-refractivity contribution in [3.05, 3.63) is 30.1 Å². The van der Waals surface area contributed by atoms with Crippen molar-refractivity contribution >= 4 is 36.3 Å². The molecule has 0 saturated carbocycles. The molecule has 0 saturated heterocycles. The molecule has 0 aliphatic carbocycles. The van der Waals surface area contributed by atoms with E-state index in [4.69, 9.17) is 7.85 Å². The average molecular weight is 225 g/mol. The van der Waals surface area contributed by atoms with Crippen molar-refractivity contribution < 1.29 is 4.79 Å². The minimum atomic E-state index is -0.0591. The number of rotatable bonds is 2. The van der Waals surface area contributed by atoms with E-state index < -0.39 is 0 Å². The molecule has 2 radical (unpaired) electrons. The Labute approximate surface area is 101 Å². The second-order valence-electron chi connectivity index (χ2n) is 3.97. The van der Waals surface area contributed by atoms with E-state index in [1.54, 1.807) is 32.6 Å². The van der Waals surface area contributed by atoms with E-state index in [1.807, 2.05) is 6.07 Å². The number of amides is 1. The number of fused-ring (bicyclic) bond motifs is 1. The van der Waals surface area contributed by atoms with Crippen molar-refractivity contribution in [2.24, 2.45) is 0 Å². The van der Waals surface area contributed by atoms with Crippen LogP contribution < -0.4 is 5.46 Å². The molecule has 4 nitrogen and oxygen atoms in total. The van der Waals surface area contributed by atoms with Crippen molar-refractivity contribution in [3.63, 3.8) is 0 Å². The van der Waals surface area contributed by atoms with Crippen molar-refractivity contribution in [3.8, 4) is 0 Å². The molecule has 0 fully saturated rings. The van der Waals surface area contributed by atoms with E-state index >= 15 is 0 Å². The van der Waals surface area contributed by atoms with Gasteiger partial charge in [0, 0.05) is 43.5 Å². The molecule has 0 atom stereocenters. The normalized spacial score (nSPS) is 11.2. The molecule has 0 aliphatic heterocycles. The predicted molar refractivity (Wildman–Crippen MR) is 69.2 cm³/mol. The van der Waals surface area contributed by atoms with E-state index in [0.717, 1.165) is 16.6 Å². The summed E-state index contributed by atoms with van der Waals surface area (Å²) >= 11 is 0. The second kappa shape index (κ2) is 4.45. The first-order chi connectivity index (χ1) is 8.08. The van der Waals surface area contributed by atoms with Gasteiger partial charge in [-0.15, -0.1) is 0 Å². The molecule has 0 bridgehead atoms. The number of carbonyl (C=O) groups is 1. The van der Waals surface area contributed by atoms with Gasteiger partial charge in [0.1, 0.15) is 13.5 Å². The van der Waals surface area contributed by atoms with Gasteiger partial charge >= 0.3 is 0 Å². The Balaban J connectivity index is 2.36. The molecule has 84 valence electrons. The molecule has 0 aliphatic rings. The summed E-state index contributed by atoms with van der Waals surface area (Å²) in [6.07, 6.45) is 6.67. The number of nitrogens with one attached hydrogen (secondary N) is 1. The van der Waals surface area contributed by atoms with Crippen LogP contribution in [0.15, 0.2) is 24.5 Å². The highest BCUT2D eigenvalue weighted by Crippen LogP contribution is 2.16. The largest absolute Gasteiger partial charge is 0.346 e. The Bertz CT molecular complexity index is 586. The van der Waals surface area contributed by atoms with Crippen LogP contribution in [0.1, 0.15) is 5.56 Å². The highest BCUT2D eigenvalue weighted by atomic mass is 16.2. The summed E-state index contributed by atoms with van der Waals surface area (Å²) < 4.78 is 0. The number of H-pyrrole nitrogens is 1. The molecule has 17 heavy (non-hydrogen) atoms. The number of nitrogens with zero attached hydrogens (tertiary/aromatic N) is 2. The number of likely N-dealkylation sites (N-methyl/N-ethyl adjacent to an activating group) is 1. The van der Waals surface area contributed by atoms with E-state index in [0.29, 0.717) is 5.46 Å². The molecule has 0 spiro atoms. The topological polar surface area (TPSA) is 49.0 Å². The second-order valence-corrected chi connectivity index (χ2v) is 3.97. The number of aromatic nitrogens is 2. The zero-order chi connectivity index (χ0) is 12.4. The van der Waals surface area contributed by atoms with Crippen LogP contribution in [0.2, 0.25) is 0 Å². The first-order valence-electron chi connectivity index (χ1n) is 5.20.